The number of anilines is 1. The Kier molecular flexibility index (Phi) is 7.69. The molecule has 2 aromatic carbocycles. The molecule has 0 bridgehead atoms. The summed E-state index contributed by atoms with van der Waals surface area (Å²) >= 11 is 0. The molecule has 4 rings (SSSR count). The molecule has 0 spiro atoms. The molecule has 1 aromatic heterocycles. The van der Waals surface area contributed by atoms with E-state index in [1.807, 2.05) is 47.4 Å². The quantitative estimate of drug-likeness (QED) is 0.537. The van der Waals surface area contributed by atoms with E-state index in [1.165, 1.54) is 0 Å². The summed E-state index contributed by atoms with van der Waals surface area (Å²) in [5.41, 5.74) is 2.51. The van der Waals surface area contributed by atoms with Crippen LogP contribution in [0.5, 0.6) is 0 Å². The number of rotatable bonds is 8. The van der Waals surface area contributed by atoms with E-state index < -0.39 is 0 Å². The van der Waals surface area contributed by atoms with Gasteiger partial charge in [-0.2, -0.15) is 0 Å². The normalized spacial score (nSPS) is 14.3. The number of piperazine rings is 1. The van der Waals surface area contributed by atoms with Crippen molar-refractivity contribution in [2.75, 3.05) is 38.0 Å². The number of para-hydroxylation sites is 2. The second-order valence-electron chi connectivity index (χ2n) is 8.60. The Morgan fingerprint density at radius 2 is 1.76 bits per heavy atom. The van der Waals surface area contributed by atoms with Crippen LogP contribution in [0.2, 0.25) is 0 Å². The molecule has 1 aliphatic heterocycles. The van der Waals surface area contributed by atoms with Gasteiger partial charge in [-0.3, -0.25) is 19.3 Å². The number of nitrogens with one attached hydrogen (secondary N) is 2. The predicted molar refractivity (Wildman–Crippen MR) is 133 cm³/mol. The average Bonchev–Trinajstić information content (AvgIpc) is 2.85. The number of aromatic nitrogens is 2. The third-order valence-corrected chi connectivity index (χ3v) is 6.23. The summed E-state index contributed by atoms with van der Waals surface area (Å²) in [6.07, 6.45) is 2.44. The van der Waals surface area contributed by atoms with E-state index in [2.05, 4.69) is 27.1 Å². The van der Waals surface area contributed by atoms with Crippen LogP contribution in [-0.2, 0) is 22.4 Å². The van der Waals surface area contributed by atoms with Crippen molar-refractivity contribution < 1.29 is 9.59 Å². The van der Waals surface area contributed by atoms with Crippen LogP contribution in [0.25, 0.3) is 10.9 Å². The molecule has 0 aliphatic carbocycles. The van der Waals surface area contributed by atoms with E-state index in [-0.39, 0.29) is 17.4 Å². The molecule has 8 heteroatoms. The zero-order valence-electron chi connectivity index (χ0n) is 19.5. The third-order valence-electron chi connectivity index (χ3n) is 6.23. The van der Waals surface area contributed by atoms with Crippen LogP contribution in [-0.4, -0.2) is 64.3 Å². The van der Waals surface area contributed by atoms with Crippen LogP contribution in [0.4, 0.5) is 5.69 Å². The number of hydrogen-bond acceptors (Lipinski definition) is 5. The summed E-state index contributed by atoms with van der Waals surface area (Å²) in [6.45, 7) is 4.97. The van der Waals surface area contributed by atoms with Crippen molar-refractivity contribution in [3.63, 3.8) is 0 Å². The van der Waals surface area contributed by atoms with Gasteiger partial charge in [0.05, 0.1) is 17.4 Å². The van der Waals surface area contributed by atoms with Crippen LogP contribution in [0.3, 0.4) is 0 Å². The lowest BCUT2D eigenvalue weighted by molar-refractivity contribution is -0.133. The fourth-order valence-electron chi connectivity index (χ4n) is 4.32. The number of aryl methyl sites for hydroxylation is 2. The van der Waals surface area contributed by atoms with Gasteiger partial charge in [0.15, 0.2) is 0 Å². The molecular formula is C26H31N5O3. The topological polar surface area (TPSA) is 98.4 Å². The molecule has 1 aliphatic rings. The Balaban J connectivity index is 1.20. The number of carbonyl (C=O) groups excluding carboxylic acids is 2. The number of benzene rings is 2. The highest BCUT2D eigenvalue weighted by atomic mass is 16.2. The third kappa shape index (κ3) is 5.88. The minimum absolute atomic E-state index is 0.0300. The Labute approximate surface area is 199 Å². The average molecular weight is 462 g/mol. The monoisotopic (exact) mass is 461 g/mol. The van der Waals surface area contributed by atoms with Crippen molar-refractivity contribution in [2.45, 2.75) is 32.6 Å². The number of hydrogen-bond donors (Lipinski definition) is 2. The van der Waals surface area contributed by atoms with Crippen molar-refractivity contribution in [1.82, 2.24) is 19.8 Å². The molecular weight excluding hydrogens is 430 g/mol. The Morgan fingerprint density at radius 3 is 2.56 bits per heavy atom. The van der Waals surface area contributed by atoms with Crippen LogP contribution in [0.15, 0.2) is 53.3 Å². The van der Waals surface area contributed by atoms with E-state index in [1.54, 1.807) is 6.07 Å². The molecule has 1 fully saturated rings. The van der Waals surface area contributed by atoms with Crippen molar-refractivity contribution in [3.8, 4) is 0 Å². The standard InChI is InChI=1S/C26H31N5O3/c1-2-19-8-3-5-10-21(19)28-24(32)18-30-14-16-31(17-15-30)25(33)13-7-12-23-27-22-11-6-4-9-20(22)26(34)29-23/h3-6,8-11H,2,7,12-18H2,1H3,(H,28,32)(H,27,29,34). The second-order valence-corrected chi connectivity index (χ2v) is 8.60. The van der Waals surface area contributed by atoms with E-state index in [9.17, 15) is 14.4 Å². The molecule has 2 amide bonds. The molecule has 2 heterocycles. The van der Waals surface area contributed by atoms with Crippen LogP contribution in [0, 0.1) is 0 Å². The smallest absolute Gasteiger partial charge is 0.258 e. The number of fused-ring (bicyclic) bond motifs is 1. The number of nitrogens with zero attached hydrogens (tertiary/aromatic N) is 3. The van der Waals surface area contributed by atoms with E-state index >= 15 is 0 Å². The summed E-state index contributed by atoms with van der Waals surface area (Å²) in [7, 11) is 0. The predicted octanol–water partition coefficient (Wildman–Crippen LogP) is 2.59. The number of amides is 2. The highest BCUT2D eigenvalue weighted by molar-refractivity contribution is 5.93. The maximum absolute atomic E-state index is 12.6. The van der Waals surface area contributed by atoms with Crippen molar-refractivity contribution >= 4 is 28.4 Å². The lowest BCUT2D eigenvalue weighted by Gasteiger charge is -2.34. The fourth-order valence-corrected chi connectivity index (χ4v) is 4.32. The molecule has 3 aromatic rings. The summed E-state index contributed by atoms with van der Waals surface area (Å²) in [6, 6.07) is 15.1. The van der Waals surface area contributed by atoms with Crippen molar-refractivity contribution in [2.24, 2.45) is 0 Å². The highest BCUT2D eigenvalue weighted by Crippen LogP contribution is 2.15. The van der Waals surface area contributed by atoms with Crippen LogP contribution in [0.1, 0.15) is 31.2 Å². The van der Waals surface area contributed by atoms with Crippen molar-refractivity contribution in [1.29, 1.82) is 0 Å². The highest BCUT2D eigenvalue weighted by Gasteiger charge is 2.22. The molecule has 1 saturated heterocycles. The minimum atomic E-state index is -0.148. The van der Waals surface area contributed by atoms with Gasteiger partial charge in [-0.05, 0) is 36.6 Å². The lowest BCUT2D eigenvalue weighted by Crippen LogP contribution is -2.50. The van der Waals surface area contributed by atoms with Crippen molar-refractivity contribution in [3.05, 3.63) is 70.3 Å². The molecule has 0 radical (unpaired) electrons. The molecule has 34 heavy (non-hydrogen) atoms. The van der Waals surface area contributed by atoms with Gasteiger partial charge in [-0.25, -0.2) is 4.98 Å². The van der Waals surface area contributed by atoms with Gasteiger partial charge in [0.1, 0.15) is 5.82 Å². The summed E-state index contributed by atoms with van der Waals surface area (Å²) in [5, 5.41) is 3.58. The first-order valence-corrected chi connectivity index (χ1v) is 11.9. The number of carbonyl (C=O) groups is 2. The molecule has 8 nitrogen and oxygen atoms in total. The SMILES string of the molecule is CCc1ccccc1NC(=O)CN1CCN(C(=O)CCCc2nc3ccccc3c(=O)[nH]2)CC1. The number of H-pyrrole nitrogens is 1. The maximum atomic E-state index is 12.6. The Hall–Kier alpha value is -3.52. The first-order valence-electron chi connectivity index (χ1n) is 11.9. The number of aromatic amines is 1. The lowest BCUT2D eigenvalue weighted by atomic mass is 10.1. The van der Waals surface area contributed by atoms with Gasteiger partial charge in [-0.15, -0.1) is 0 Å². The fraction of sp³-hybridized carbons (Fsp3) is 0.385. The van der Waals surface area contributed by atoms with Gasteiger partial charge in [0.2, 0.25) is 11.8 Å². The van der Waals surface area contributed by atoms with Gasteiger partial charge in [-0.1, -0.05) is 37.3 Å². The van der Waals surface area contributed by atoms with Crippen LogP contribution < -0.4 is 10.9 Å². The first-order chi connectivity index (χ1) is 16.5. The molecule has 0 saturated carbocycles. The Morgan fingerprint density at radius 1 is 1.03 bits per heavy atom. The molecule has 0 unspecified atom stereocenters. The molecule has 2 N–H and O–H groups in total. The Bertz CT molecular complexity index is 1210. The van der Waals surface area contributed by atoms with Gasteiger partial charge >= 0.3 is 0 Å². The van der Waals surface area contributed by atoms with Crippen LogP contribution >= 0.6 is 0 Å². The summed E-state index contributed by atoms with van der Waals surface area (Å²) in [5.74, 6) is 0.679. The van der Waals surface area contributed by atoms with Gasteiger partial charge in [0.25, 0.3) is 5.56 Å². The molecule has 0 atom stereocenters. The zero-order valence-corrected chi connectivity index (χ0v) is 19.5. The molecule has 178 valence electrons. The van der Waals surface area contributed by atoms with E-state index in [0.29, 0.717) is 68.7 Å². The first kappa shape index (κ1) is 23.6. The van der Waals surface area contributed by atoms with Gasteiger partial charge in [0, 0.05) is 44.7 Å². The summed E-state index contributed by atoms with van der Waals surface area (Å²) < 4.78 is 0. The largest absolute Gasteiger partial charge is 0.340 e. The zero-order chi connectivity index (χ0) is 23.9. The van der Waals surface area contributed by atoms with Gasteiger partial charge < -0.3 is 15.2 Å². The second kappa shape index (κ2) is 11.1. The van der Waals surface area contributed by atoms with E-state index in [4.69, 9.17) is 0 Å². The maximum Gasteiger partial charge on any atom is 0.258 e. The minimum Gasteiger partial charge on any atom is -0.340 e. The summed E-state index contributed by atoms with van der Waals surface area (Å²) in [4.78, 5) is 48.6. The van der Waals surface area contributed by atoms with E-state index in [0.717, 1.165) is 17.7 Å².